The number of thiophene rings is 1. The van der Waals surface area contributed by atoms with E-state index >= 15 is 0 Å². The van der Waals surface area contributed by atoms with Crippen molar-refractivity contribution in [3.63, 3.8) is 0 Å². The first-order valence-electron chi connectivity index (χ1n) is 5.92. The molecule has 1 atom stereocenters. The summed E-state index contributed by atoms with van der Waals surface area (Å²) in [4.78, 5) is 3.04. The van der Waals surface area contributed by atoms with E-state index in [4.69, 9.17) is 5.84 Å². The van der Waals surface area contributed by atoms with E-state index in [1.165, 1.54) is 37.0 Å². The monoisotopic (exact) mass is 224 g/mol. The Morgan fingerprint density at radius 3 is 2.93 bits per heavy atom. The topological polar surface area (TPSA) is 38.0 Å². The molecule has 0 spiro atoms. The Balaban J connectivity index is 2.16. The van der Waals surface area contributed by atoms with Crippen LogP contribution in [0.4, 0.5) is 0 Å². The summed E-state index contributed by atoms with van der Waals surface area (Å²) in [5.41, 5.74) is 4.52. The minimum Gasteiger partial charge on any atom is -0.271 e. The lowest BCUT2D eigenvalue weighted by Crippen LogP contribution is -2.27. The number of nitrogens with two attached hydrogens (primary N) is 1. The maximum absolute atomic E-state index is 5.61. The zero-order valence-corrected chi connectivity index (χ0v) is 10.2. The minimum absolute atomic E-state index is 0.366. The van der Waals surface area contributed by atoms with Crippen LogP contribution in [0.1, 0.15) is 54.0 Å². The number of nitrogens with one attached hydrogen (secondary N) is 1. The van der Waals surface area contributed by atoms with E-state index in [1.807, 2.05) is 11.3 Å². The molecule has 1 aliphatic carbocycles. The Labute approximate surface area is 95.8 Å². The lowest BCUT2D eigenvalue weighted by atomic mass is 9.98. The Hall–Kier alpha value is -0.380. The van der Waals surface area contributed by atoms with Gasteiger partial charge in [0.2, 0.25) is 0 Å². The molecule has 0 saturated carbocycles. The van der Waals surface area contributed by atoms with E-state index in [1.54, 1.807) is 10.4 Å². The standard InChI is InChI=1S/C12H20N2S/c1-2-5-10(14-13)12-8-9-6-3-4-7-11(9)15-12/h8,10,14H,2-7,13H2,1H3. The number of rotatable bonds is 4. The Kier molecular flexibility index (Phi) is 3.78. The van der Waals surface area contributed by atoms with Crippen molar-refractivity contribution < 1.29 is 0 Å². The number of fused-ring (bicyclic) bond motifs is 1. The van der Waals surface area contributed by atoms with Gasteiger partial charge in [0.15, 0.2) is 0 Å². The van der Waals surface area contributed by atoms with Crippen LogP contribution >= 0.6 is 11.3 Å². The molecule has 1 aromatic heterocycles. The smallest absolute Gasteiger partial charge is 0.0553 e. The number of aryl methyl sites for hydroxylation is 2. The van der Waals surface area contributed by atoms with Crippen molar-refractivity contribution in [1.29, 1.82) is 0 Å². The molecule has 0 fully saturated rings. The van der Waals surface area contributed by atoms with Crippen molar-refractivity contribution >= 4 is 11.3 Å². The average molecular weight is 224 g/mol. The highest BCUT2D eigenvalue weighted by Gasteiger charge is 2.17. The maximum atomic E-state index is 5.61. The molecule has 2 nitrogen and oxygen atoms in total. The second kappa shape index (κ2) is 5.10. The van der Waals surface area contributed by atoms with Gasteiger partial charge in [0.25, 0.3) is 0 Å². The quantitative estimate of drug-likeness (QED) is 0.609. The van der Waals surface area contributed by atoms with Crippen LogP contribution in [-0.2, 0) is 12.8 Å². The van der Waals surface area contributed by atoms with Crippen molar-refractivity contribution in [3.8, 4) is 0 Å². The van der Waals surface area contributed by atoms with Crippen molar-refractivity contribution in [2.75, 3.05) is 0 Å². The van der Waals surface area contributed by atoms with Gasteiger partial charge in [-0.25, -0.2) is 0 Å². The normalized spacial score (nSPS) is 17.5. The molecule has 15 heavy (non-hydrogen) atoms. The molecule has 2 rings (SSSR count). The van der Waals surface area contributed by atoms with Crippen LogP contribution in [-0.4, -0.2) is 0 Å². The minimum atomic E-state index is 0.366. The Morgan fingerprint density at radius 2 is 2.27 bits per heavy atom. The molecule has 1 heterocycles. The molecule has 0 radical (unpaired) electrons. The zero-order chi connectivity index (χ0) is 10.7. The van der Waals surface area contributed by atoms with Crippen LogP contribution in [0.25, 0.3) is 0 Å². The highest BCUT2D eigenvalue weighted by atomic mass is 32.1. The van der Waals surface area contributed by atoms with Crippen LogP contribution in [0.15, 0.2) is 6.07 Å². The second-order valence-electron chi connectivity index (χ2n) is 4.31. The molecule has 1 aromatic rings. The lowest BCUT2D eigenvalue weighted by Gasteiger charge is -2.12. The number of hydrogen-bond acceptors (Lipinski definition) is 3. The molecule has 0 aliphatic heterocycles. The van der Waals surface area contributed by atoms with Gasteiger partial charge >= 0.3 is 0 Å². The van der Waals surface area contributed by atoms with Crippen molar-refractivity contribution in [3.05, 3.63) is 21.4 Å². The molecule has 84 valence electrons. The molecule has 0 aromatic carbocycles. The molecule has 0 saturated heterocycles. The fourth-order valence-corrected chi connectivity index (χ4v) is 3.63. The van der Waals surface area contributed by atoms with Gasteiger partial charge in [0, 0.05) is 9.75 Å². The predicted molar refractivity (Wildman–Crippen MR) is 65.9 cm³/mol. The maximum Gasteiger partial charge on any atom is 0.0553 e. The zero-order valence-electron chi connectivity index (χ0n) is 9.38. The second-order valence-corrected chi connectivity index (χ2v) is 5.48. The van der Waals surface area contributed by atoms with Gasteiger partial charge in [0.1, 0.15) is 0 Å². The van der Waals surface area contributed by atoms with Gasteiger partial charge < -0.3 is 0 Å². The first-order valence-corrected chi connectivity index (χ1v) is 6.74. The largest absolute Gasteiger partial charge is 0.271 e. The van der Waals surface area contributed by atoms with E-state index in [0.29, 0.717) is 6.04 Å². The summed E-state index contributed by atoms with van der Waals surface area (Å²) in [5, 5.41) is 0. The van der Waals surface area contributed by atoms with E-state index in [-0.39, 0.29) is 0 Å². The SMILES string of the molecule is CCCC(NN)c1cc2c(s1)CCCC2. The molecular formula is C12H20N2S. The third kappa shape index (κ3) is 2.41. The first kappa shape index (κ1) is 11.1. The van der Waals surface area contributed by atoms with Crippen molar-refractivity contribution in [2.45, 2.75) is 51.5 Å². The Morgan fingerprint density at radius 1 is 1.47 bits per heavy atom. The van der Waals surface area contributed by atoms with E-state index < -0.39 is 0 Å². The molecule has 0 amide bonds. The molecule has 1 aliphatic rings. The van der Waals surface area contributed by atoms with Gasteiger partial charge in [0.05, 0.1) is 6.04 Å². The van der Waals surface area contributed by atoms with Crippen LogP contribution in [0.5, 0.6) is 0 Å². The van der Waals surface area contributed by atoms with Crippen LogP contribution in [0.2, 0.25) is 0 Å². The van der Waals surface area contributed by atoms with Gasteiger partial charge in [-0.1, -0.05) is 13.3 Å². The summed E-state index contributed by atoms with van der Waals surface area (Å²) in [5.74, 6) is 5.61. The summed E-state index contributed by atoms with van der Waals surface area (Å²) in [6, 6.07) is 2.74. The third-order valence-corrected chi connectivity index (χ3v) is 4.49. The van der Waals surface area contributed by atoms with Crippen LogP contribution in [0, 0.1) is 0 Å². The van der Waals surface area contributed by atoms with Gasteiger partial charge in [-0.15, -0.1) is 11.3 Å². The third-order valence-electron chi connectivity index (χ3n) is 3.14. The predicted octanol–water partition coefficient (Wildman–Crippen LogP) is 2.93. The van der Waals surface area contributed by atoms with Crippen LogP contribution < -0.4 is 11.3 Å². The van der Waals surface area contributed by atoms with Crippen LogP contribution in [0.3, 0.4) is 0 Å². The Bertz CT molecular complexity index is 296. The first-order chi connectivity index (χ1) is 7.35. The molecule has 3 N–H and O–H groups in total. The van der Waals surface area contributed by atoms with Gasteiger partial charge in [-0.2, -0.15) is 0 Å². The van der Waals surface area contributed by atoms with Gasteiger partial charge in [-0.3, -0.25) is 11.3 Å². The number of hydrazine groups is 1. The summed E-state index contributed by atoms with van der Waals surface area (Å²) < 4.78 is 0. The number of hydrogen-bond donors (Lipinski definition) is 2. The van der Waals surface area contributed by atoms with Crippen molar-refractivity contribution in [2.24, 2.45) is 5.84 Å². The fourth-order valence-electron chi connectivity index (χ4n) is 2.28. The molecule has 1 unspecified atom stereocenters. The van der Waals surface area contributed by atoms with Crippen molar-refractivity contribution in [1.82, 2.24) is 5.43 Å². The molecular weight excluding hydrogens is 204 g/mol. The van der Waals surface area contributed by atoms with E-state index in [0.717, 1.165) is 6.42 Å². The molecule has 3 heteroatoms. The average Bonchev–Trinajstić information content (AvgIpc) is 2.69. The summed E-state index contributed by atoms with van der Waals surface area (Å²) in [7, 11) is 0. The van der Waals surface area contributed by atoms with E-state index in [9.17, 15) is 0 Å². The molecule has 0 bridgehead atoms. The fraction of sp³-hybridized carbons (Fsp3) is 0.667. The highest BCUT2D eigenvalue weighted by molar-refractivity contribution is 7.12. The van der Waals surface area contributed by atoms with Gasteiger partial charge in [-0.05, 0) is 43.7 Å². The summed E-state index contributed by atoms with van der Waals surface area (Å²) >= 11 is 1.97. The summed E-state index contributed by atoms with van der Waals surface area (Å²) in [6.45, 7) is 2.21. The highest BCUT2D eigenvalue weighted by Crippen LogP contribution is 2.33. The van der Waals surface area contributed by atoms with E-state index in [2.05, 4.69) is 18.4 Å². The summed E-state index contributed by atoms with van der Waals surface area (Å²) in [6.07, 6.45) is 7.59. The lowest BCUT2D eigenvalue weighted by molar-refractivity contribution is 0.517.